The second kappa shape index (κ2) is 5.07. The standard InChI is InChI=1S/C11H18N4O2/c1-8(14-17-5)9(10(16)11(2,3)4)15-7-12-6-13-15/h6-7,9H,1-5H3. The molecule has 1 aromatic heterocycles. The van der Waals surface area contributed by atoms with Gasteiger partial charge in [-0.25, -0.2) is 9.67 Å². The Bertz CT molecular complexity index is 404. The minimum atomic E-state index is -0.572. The summed E-state index contributed by atoms with van der Waals surface area (Å²) in [5, 5.41) is 7.83. The van der Waals surface area contributed by atoms with Gasteiger partial charge in [0.25, 0.3) is 0 Å². The van der Waals surface area contributed by atoms with Crippen molar-refractivity contribution in [2.24, 2.45) is 10.6 Å². The predicted molar refractivity (Wildman–Crippen MR) is 63.6 cm³/mol. The van der Waals surface area contributed by atoms with Crippen molar-refractivity contribution in [3.63, 3.8) is 0 Å². The van der Waals surface area contributed by atoms with Crippen LogP contribution in [0.4, 0.5) is 0 Å². The summed E-state index contributed by atoms with van der Waals surface area (Å²) in [6.45, 7) is 7.32. The van der Waals surface area contributed by atoms with E-state index in [4.69, 9.17) is 4.84 Å². The molecule has 1 atom stereocenters. The van der Waals surface area contributed by atoms with Crippen LogP contribution in [0.2, 0.25) is 0 Å². The summed E-state index contributed by atoms with van der Waals surface area (Å²) >= 11 is 0. The van der Waals surface area contributed by atoms with Crippen molar-refractivity contribution < 1.29 is 9.63 Å². The number of hydrogen-bond acceptors (Lipinski definition) is 5. The highest BCUT2D eigenvalue weighted by Crippen LogP contribution is 2.24. The molecule has 1 rings (SSSR count). The van der Waals surface area contributed by atoms with Crippen LogP contribution in [0.25, 0.3) is 0 Å². The average Bonchev–Trinajstić information content (AvgIpc) is 2.70. The molecule has 0 amide bonds. The van der Waals surface area contributed by atoms with Crippen molar-refractivity contribution in [3.05, 3.63) is 12.7 Å². The third-order valence-electron chi connectivity index (χ3n) is 2.32. The maximum Gasteiger partial charge on any atom is 0.168 e. The molecule has 0 aliphatic rings. The Morgan fingerprint density at radius 1 is 1.47 bits per heavy atom. The first-order valence-electron chi connectivity index (χ1n) is 5.34. The third-order valence-corrected chi connectivity index (χ3v) is 2.32. The summed E-state index contributed by atoms with van der Waals surface area (Å²) in [6, 6.07) is -0.572. The Balaban J connectivity index is 3.13. The van der Waals surface area contributed by atoms with Crippen molar-refractivity contribution in [1.29, 1.82) is 0 Å². The van der Waals surface area contributed by atoms with Crippen LogP contribution in [0.15, 0.2) is 17.8 Å². The van der Waals surface area contributed by atoms with E-state index < -0.39 is 11.5 Å². The lowest BCUT2D eigenvalue weighted by Gasteiger charge is -2.24. The summed E-state index contributed by atoms with van der Waals surface area (Å²) in [5.41, 5.74) is 0.0687. The highest BCUT2D eigenvalue weighted by atomic mass is 16.6. The van der Waals surface area contributed by atoms with Gasteiger partial charge in [-0.1, -0.05) is 25.9 Å². The zero-order chi connectivity index (χ0) is 13.1. The lowest BCUT2D eigenvalue weighted by atomic mass is 9.85. The third kappa shape index (κ3) is 3.12. The Morgan fingerprint density at radius 3 is 2.53 bits per heavy atom. The van der Waals surface area contributed by atoms with Gasteiger partial charge < -0.3 is 4.84 Å². The topological polar surface area (TPSA) is 69.4 Å². The van der Waals surface area contributed by atoms with Crippen LogP contribution in [-0.4, -0.2) is 33.4 Å². The number of aromatic nitrogens is 3. The predicted octanol–water partition coefficient (Wildman–Crippen LogP) is 1.46. The molecule has 1 unspecified atom stereocenters. The second-order valence-electron chi connectivity index (χ2n) is 4.81. The summed E-state index contributed by atoms with van der Waals surface area (Å²) in [5.74, 6) is 0.0151. The number of Topliss-reactive ketones (excluding diaryl/α,β-unsaturated/α-hetero) is 1. The summed E-state index contributed by atoms with van der Waals surface area (Å²) < 4.78 is 1.49. The smallest absolute Gasteiger partial charge is 0.168 e. The van der Waals surface area contributed by atoms with Crippen LogP contribution in [0.5, 0.6) is 0 Å². The number of carbonyl (C=O) groups is 1. The van der Waals surface area contributed by atoms with E-state index in [-0.39, 0.29) is 5.78 Å². The molecule has 17 heavy (non-hydrogen) atoms. The van der Waals surface area contributed by atoms with Crippen LogP contribution < -0.4 is 0 Å². The van der Waals surface area contributed by atoms with Gasteiger partial charge in [-0.15, -0.1) is 0 Å². The van der Waals surface area contributed by atoms with Crippen LogP contribution >= 0.6 is 0 Å². The molecule has 0 aliphatic carbocycles. The molecular weight excluding hydrogens is 220 g/mol. The van der Waals surface area contributed by atoms with E-state index in [0.29, 0.717) is 5.71 Å². The molecule has 6 heteroatoms. The number of hydrogen-bond donors (Lipinski definition) is 0. The molecule has 0 aliphatic heterocycles. The Morgan fingerprint density at radius 2 is 2.12 bits per heavy atom. The molecule has 0 spiro atoms. The summed E-state index contributed by atoms with van der Waals surface area (Å²) in [6.07, 6.45) is 2.89. The van der Waals surface area contributed by atoms with E-state index in [1.165, 1.54) is 24.4 Å². The maximum atomic E-state index is 12.4. The minimum Gasteiger partial charge on any atom is -0.399 e. The normalized spacial score (nSPS) is 14.5. The van der Waals surface area contributed by atoms with Crippen molar-refractivity contribution in [3.8, 4) is 0 Å². The van der Waals surface area contributed by atoms with Gasteiger partial charge in [-0.2, -0.15) is 5.10 Å². The van der Waals surface area contributed by atoms with Crippen molar-refractivity contribution >= 4 is 11.5 Å². The van der Waals surface area contributed by atoms with Gasteiger partial charge in [0.2, 0.25) is 0 Å². The summed E-state index contributed by atoms with van der Waals surface area (Å²) in [4.78, 5) is 20.9. The maximum absolute atomic E-state index is 12.4. The fourth-order valence-corrected chi connectivity index (χ4v) is 1.46. The molecule has 0 N–H and O–H groups in total. The lowest BCUT2D eigenvalue weighted by Crippen LogP contribution is -2.35. The highest BCUT2D eigenvalue weighted by molar-refractivity contribution is 6.07. The highest BCUT2D eigenvalue weighted by Gasteiger charge is 2.33. The first kappa shape index (κ1) is 13.3. The van der Waals surface area contributed by atoms with E-state index in [2.05, 4.69) is 15.2 Å². The van der Waals surface area contributed by atoms with Gasteiger partial charge in [0, 0.05) is 5.41 Å². The van der Waals surface area contributed by atoms with Gasteiger partial charge in [-0.05, 0) is 6.92 Å². The van der Waals surface area contributed by atoms with Gasteiger partial charge in [0.05, 0.1) is 5.71 Å². The molecule has 0 bridgehead atoms. The Kier molecular flexibility index (Phi) is 3.98. The second-order valence-corrected chi connectivity index (χ2v) is 4.81. The summed E-state index contributed by atoms with van der Waals surface area (Å²) in [7, 11) is 1.45. The van der Waals surface area contributed by atoms with Crippen LogP contribution in [-0.2, 0) is 9.63 Å². The zero-order valence-corrected chi connectivity index (χ0v) is 10.8. The number of carbonyl (C=O) groups excluding carboxylic acids is 1. The molecule has 1 heterocycles. The minimum absolute atomic E-state index is 0.0151. The number of oxime groups is 1. The van der Waals surface area contributed by atoms with Crippen LogP contribution in [0, 0.1) is 5.41 Å². The number of ketones is 1. The first-order valence-corrected chi connectivity index (χ1v) is 5.34. The lowest BCUT2D eigenvalue weighted by molar-refractivity contribution is -0.128. The Labute approximate surface area is 101 Å². The largest absolute Gasteiger partial charge is 0.399 e. The van der Waals surface area contributed by atoms with Crippen molar-refractivity contribution in [2.45, 2.75) is 33.7 Å². The Hall–Kier alpha value is -1.72. The molecule has 0 saturated carbocycles. The van der Waals surface area contributed by atoms with E-state index in [1.54, 1.807) is 6.92 Å². The fraction of sp³-hybridized carbons (Fsp3) is 0.636. The molecule has 0 radical (unpaired) electrons. The molecule has 6 nitrogen and oxygen atoms in total. The SMILES string of the molecule is CON=C(C)C(C(=O)C(C)(C)C)n1cncn1. The van der Waals surface area contributed by atoms with Gasteiger partial charge in [-0.3, -0.25) is 4.79 Å². The monoisotopic (exact) mass is 238 g/mol. The number of rotatable bonds is 4. The molecule has 0 aromatic carbocycles. The zero-order valence-electron chi connectivity index (χ0n) is 10.8. The van der Waals surface area contributed by atoms with Crippen molar-refractivity contribution in [2.75, 3.05) is 7.11 Å². The van der Waals surface area contributed by atoms with E-state index in [0.717, 1.165) is 0 Å². The molecule has 0 saturated heterocycles. The molecule has 94 valence electrons. The fourth-order valence-electron chi connectivity index (χ4n) is 1.46. The molecular formula is C11H18N4O2. The average molecular weight is 238 g/mol. The number of nitrogens with zero attached hydrogens (tertiary/aromatic N) is 4. The van der Waals surface area contributed by atoms with Crippen LogP contribution in [0.3, 0.4) is 0 Å². The first-order chi connectivity index (χ1) is 7.88. The van der Waals surface area contributed by atoms with E-state index >= 15 is 0 Å². The quantitative estimate of drug-likeness (QED) is 0.588. The molecule has 0 fully saturated rings. The van der Waals surface area contributed by atoms with E-state index in [1.807, 2.05) is 20.8 Å². The molecule has 1 aromatic rings. The van der Waals surface area contributed by atoms with E-state index in [9.17, 15) is 4.79 Å². The van der Waals surface area contributed by atoms with Crippen LogP contribution in [0.1, 0.15) is 33.7 Å². The van der Waals surface area contributed by atoms with Gasteiger partial charge in [0.1, 0.15) is 19.8 Å². The van der Waals surface area contributed by atoms with Gasteiger partial charge >= 0.3 is 0 Å². The van der Waals surface area contributed by atoms with Gasteiger partial charge in [0.15, 0.2) is 11.8 Å². The van der Waals surface area contributed by atoms with Crippen molar-refractivity contribution in [1.82, 2.24) is 14.8 Å².